The van der Waals surface area contributed by atoms with Gasteiger partial charge in [-0.1, -0.05) is 56.3 Å². The van der Waals surface area contributed by atoms with Crippen LogP contribution in [-0.2, 0) is 4.79 Å². The zero-order chi connectivity index (χ0) is 20.8. The van der Waals surface area contributed by atoms with Gasteiger partial charge in [0.25, 0.3) is 11.8 Å². The molecule has 0 atom stereocenters. The summed E-state index contributed by atoms with van der Waals surface area (Å²) in [6, 6.07) is 18.6. The molecule has 2 amide bonds. The number of carbonyl (C=O) groups is 2. The minimum absolute atomic E-state index is 0.168. The van der Waals surface area contributed by atoms with E-state index in [2.05, 4.69) is 26.6 Å². The highest BCUT2D eigenvalue weighted by Crippen LogP contribution is 2.33. The number of carbonyl (C=O) groups excluding carboxylic acids is 2. The Kier molecular flexibility index (Phi) is 6.88. The molecule has 29 heavy (non-hydrogen) atoms. The zero-order valence-electron chi connectivity index (χ0n) is 16.4. The molecule has 0 spiro atoms. The van der Waals surface area contributed by atoms with Crippen LogP contribution in [0.5, 0.6) is 5.75 Å². The van der Waals surface area contributed by atoms with Gasteiger partial charge in [-0.15, -0.1) is 0 Å². The Morgan fingerprint density at radius 2 is 1.72 bits per heavy atom. The van der Waals surface area contributed by atoms with Crippen LogP contribution in [0.25, 0.3) is 10.8 Å². The van der Waals surface area contributed by atoms with Crippen LogP contribution in [0.2, 0.25) is 0 Å². The van der Waals surface area contributed by atoms with Crippen LogP contribution in [0.4, 0.5) is 5.69 Å². The third kappa shape index (κ3) is 5.35. The van der Waals surface area contributed by atoms with Crippen LogP contribution in [0.1, 0.15) is 24.2 Å². The van der Waals surface area contributed by atoms with Crippen molar-refractivity contribution in [3.8, 4) is 5.75 Å². The van der Waals surface area contributed by atoms with Crippen LogP contribution < -0.4 is 15.4 Å². The Morgan fingerprint density at radius 1 is 1.00 bits per heavy atom. The molecule has 0 unspecified atom stereocenters. The Labute approximate surface area is 178 Å². The summed E-state index contributed by atoms with van der Waals surface area (Å²) in [6.45, 7) is 4.45. The molecular formula is C23H23BrN2O3. The Hall–Kier alpha value is -2.86. The summed E-state index contributed by atoms with van der Waals surface area (Å²) in [4.78, 5) is 24.8. The van der Waals surface area contributed by atoms with Crippen molar-refractivity contribution in [2.24, 2.45) is 5.92 Å². The summed E-state index contributed by atoms with van der Waals surface area (Å²) >= 11 is 3.55. The van der Waals surface area contributed by atoms with Crippen LogP contribution in [0.15, 0.2) is 65.1 Å². The van der Waals surface area contributed by atoms with Gasteiger partial charge in [-0.2, -0.15) is 0 Å². The molecule has 150 valence electrons. The summed E-state index contributed by atoms with van der Waals surface area (Å²) in [5.41, 5.74) is 0.883. The highest BCUT2D eigenvalue weighted by atomic mass is 79.9. The predicted octanol–water partition coefficient (Wildman–Crippen LogP) is 5.01. The van der Waals surface area contributed by atoms with Crippen molar-refractivity contribution in [3.63, 3.8) is 0 Å². The molecule has 0 saturated heterocycles. The third-order valence-corrected chi connectivity index (χ3v) is 5.12. The van der Waals surface area contributed by atoms with Gasteiger partial charge in [-0.25, -0.2) is 0 Å². The van der Waals surface area contributed by atoms with Crippen LogP contribution in [0.3, 0.4) is 0 Å². The zero-order valence-corrected chi connectivity index (χ0v) is 18.0. The second-order valence-corrected chi connectivity index (χ2v) is 7.88. The average molecular weight is 455 g/mol. The summed E-state index contributed by atoms with van der Waals surface area (Å²) in [7, 11) is 0. The van der Waals surface area contributed by atoms with E-state index in [1.807, 2.05) is 50.2 Å². The van der Waals surface area contributed by atoms with Crippen molar-refractivity contribution in [3.05, 3.63) is 70.7 Å². The molecule has 2 N–H and O–H groups in total. The van der Waals surface area contributed by atoms with E-state index in [0.717, 1.165) is 15.2 Å². The predicted molar refractivity (Wildman–Crippen MR) is 119 cm³/mol. The van der Waals surface area contributed by atoms with Gasteiger partial charge in [0.2, 0.25) is 0 Å². The second kappa shape index (κ2) is 9.56. The van der Waals surface area contributed by atoms with E-state index in [0.29, 0.717) is 29.5 Å². The molecule has 0 radical (unpaired) electrons. The molecule has 0 saturated carbocycles. The van der Waals surface area contributed by atoms with Gasteiger partial charge < -0.3 is 15.4 Å². The van der Waals surface area contributed by atoms with Gasteiger partial charge in [0, 0.05) is 6.54 Å². The van der Waals surface area contributed by atoms with Crippen molar-refractivity contribution >= 4 is 44.2 Å². The largest absolute Gasteiger partial charge is 0.483 e. The quantitative estimate of drug-likeness (QED) is 0.527. The van der Waals surface area contributed by atoms with Crippen molar-refractivity contribution in [1.82, 2.24) is 5.32 Å². The van der Waals surface area contributed by atoms with E-state index in [-0.39, 0.29) is 18.4 Å². The number of halogens is 1. The van der Waals surface area contributed by atoms with E-state index in [1.54, 1.807) is 24.3 Å². The summed E-state index contributed by atoms with van der Waals surface area (Å²) in [5.74, 6) is 0.373. The minimum Gasteiger partial charge on any atom is -0.483 e. The topological polar surface area (TPSA) is 67.4 Å². The Morgan fingerprint density at radius 3 is 2.52 bits per heavy atom. The van der Waals surface area contributed by atoms with Gasteiger partial charge in [-0.3, -0.25) is 9.59 Å². The van der Waals surface area contributed by atoms with Crippen molar-refractivity contribution in [2.45, 2.75) is 13.8 Å². The molecule has 5 nitrogen and oxygen atoms in total. The lowest BCUT2D eigenvalue weighted by molar-refractivity contribution is -0.118. The standard InChI is InChI=1S/C23H23BrN2O3/c1-15(2)13-25-23(28)18-9-5-6-10-19(18)26-21(27)14-29-20-12-11-16-7-3-4-8-17(16)22(20)24/h3-12,15H,13-14H2,1-2H3,(H,25,28)(H,26,27). The molecule has 0 aliphatic heterocycles. The molecule has 3 aromatic carbocycles. The number of nitrogens with one attached hydrogen (secondary N) is 2. The fourth-order valence-electron chi connectivity index (χ4n) is 2.84. The van der Waals surface area contributed by atoms with Crippen molar-refractivity contribution in [2.75, 3.05) is 18.5 Å². The summed E-state index contributed by atoms with van der Waals surface area (Å²) < 4.78 is 6.50. The van der Waals surface area contributed by atoms with Gasteiger partial charge in [0.05, 0.1) is 15.7 Å². The van der Waals surface area contributed by atoms with Crippen LogP contribution in [-0.4, -0.2) is 25.0 Å². The van der Waals surface area contributed by atoms with Gasteiger partial charge in [-0.05, 0) is 50.8 Å². The average Bonchev–Trinajstić information content (AvgIpc) is 2.72. The molecule has 0 aliphatic carbocycles. The van der Waals surface area contributed by atoms with Crippen molar-refractivity contribution < 1.29 is 14.3 Å². The Balaban J connectivity index is 1.66. The molecule has 3 rings (SSSR count). The number of para-hydroxylation sites is 1. The maximum Gasteiger partial charge on any atom is 0.262 e. The van der Waals surface area contributed by atoms with Crippen LogP contribution >= 0.6 is 15.9 Å². The molecule has 3 aromatic rings. The van der Waals surface area contributed by atoms with Crippen molar-refractivity contribution in [1.29, 1.82) is 0 Å². The first-order valence-electron chi connectivity index (χ1n) is 9.43. The summed E-state index contributed by atoms with van der Waals surface area (Å²) in [5, 5.41) is 7.73. The maximum atomic E-state index is 12.4. The molecule has 0 aromatic heterocycles. The Bertz CT molecular complexity index is 1030. The van der Waals surface area contributed by atoms with E-state index in [1.165, 1.54) is 0 Å². The fourth-order valence-corrected chi connectivity index (χ4v) is 3.44. The molecule has 0 aliphatic rings. The fraction of sp³-hybridized carbons (Fsp3) is 0.217. The number of ether oxygens (including phenoxy) is 1. The lowest BCUT2D eigenvalue weighted by atomic mass is 10.1. The number of benzene rings is 3. The van der Waals surface area contributed by atoms with E-state index >= 15 is 0 Å². The number of rotatable bonds is 7. The van der Waals surface area contributed by atoms with Gasteiger partial charge in [0.1, 0.15) is 5.75 Å². The number of amides is 2. The highest BCUT2D eigenvalue weighted by Gasteiger charge is 2.14. The lowest BCUT2D eigenvalue weighted by Crippen LogP contribution is -2.29. The number of hydrogen-bond acceptors (Lipinski definition) is 3. The first kappa shape index (κ1) is 20.9. The van der Waals surface area contributed by atoms with E-state index in [9.17, 15) is 9.59 Å². The smallest absolute Gasteiger partial charge is 0.262 e. The molecule has 0 fully saturated rings. The summed E-state index contributed by atoms with van der Waals surface area (Å²) in [6.07, 6.45) is 0. The van der Waals surface area contributed by atoms with E-state index < -0.39 is 0 Å². The maximum absolute atomic E-state index is 12.4. The molecule has 6 heteroatoms. The number of hydrogen-bond donors (Lipinski definition) is 2. The SMILES string of the molecule is CC(C)CNC(=O)c1ccccc1NC(=O)COc1ccc2ccccc2c1Br. The van der Waals surface area contributed by atoms with Crippen LogP contribution in [0, 0.1) is 5.92 Å². The minimum atomic E-state index is -0.339. The molecule has 0 heterocycles. The number of anilines is 1. The molecule has 0 bridgehead atoms. The highest BCUT2D eigenvalue weighted by molar-refractivity contribution is 9.10. The second-order valence-electron chi connectivity index (χ2n) is 7.09. The lowest BCUT2D eigenvalue weighted by Gasteiger charge is -2.13. The van der Waals surface area contributed by atoms with Gasteiger partial charge >= 0.3 is 0 Å². The van der Waals surface area contributed by atoms with E-state index in [4.69, 9.17) is 4.74 Å². The van der Waals surface area contributed by atoms with Gasteiger partial charge in [0.15, 0.2) is 6.61 Å². The first-order valence-corrected chi connectivity index (χ1v) is 10.2. The normalized spacial score (nSPS) is 10.8. The first-order chi connectivity index (χ1) is 14.0. The number of fused-ring (bicyclic) bond motifs is 1. The monoisotopic (exact) mass is 454 g/mol. The molecular weight excluding hydrogens is 432 g/mol. The third-order valence-electron chi connectivity index (χ3n) is 4.30.